The number of carbonyl (C=O) groups excluding carboxylic acids is 3. The van der Waals surface area contributed by atoms with Crippen molar-refractivity contribution in [3.05, 3.63) is 100 Å². The molecule has 0 atom stereocenters. The lowest BCUT2D eigenvalue weighted by Crippen LogP contribution is -2.33. The number of carbonyl (C=O) groups is 3. The molecule has 0 unspecified atom stereocenters. The number of para-hydroxylation sites is 2. The highest BCUT2D eigenvalue weighted by Crippen LogP contribution is 2.32. The van der Waals surface area contributed by atoms with E-state index in [4.69, 9.17) is 16.3 Å². The number of anilines is 2. The topological polar surface area (TPSA) is 75.7 Å². The fraction of sp³-hybridized carbons (Fsp3) is 0.148. The molecule has 0 aromatic heterocycles. The Bertz CT molecular complexity index is 1300. The van der Waals surface area contributed by atoms with Crippen LogP contribution in [0.25, 0.3) is 0 Å². The van der Waals surface area contributed by atoms with Crippen LogP contribution >= 0.6 is 11.6 Å². The fourth-order valence-corrected chi connectivity index (χ4v) is 3.96. The zero-order valence-electron chi connectivity index (χ0n) is 18.8. The van der Waals surface area contributed by atoms with Crippen molar-refractivity contribution < 1.29 is 19.1 Å². The van der Waals surface area contributed by atoms with Gasteiger partial charge in [-0.3, -0.25) is 9.59 Å². The molecule has 0 saturated carbocycles. The summed E-state index contributed by atoms with van der Waals surface area (Å²) in [5, 5.41) is 2.74. The minimum Gasteiger partial charge on any atom is -0.423 e. The number of benzene rings is 3. The van der Waals surface area contributed by atoms with Crippen LogP contribution in [0.2, 0.25) is 0 Å². The van der Waals surface area contributed by atoms with Crippen molar-refractivity contribution in [1.29, 1.82) is 0 Å². The summed E-state index contributed by atoms with van der Waals surface area (Å²) < 4.78 is 5.53. The number of hydrogen-bond donors (Lipinski definition) is 1. The molecule has 6 nitrogen and oxygen atoms in total. The Labute approximate surface area is 202 Å². The number of ether oxygens (including phenoxy) is 1. The Kier molecular flexibility index (Phi) is 6.80. The minimum absolute atomic E-state index is 0.00947. The average molecular weight is 475 g/mol. The van der Waals surface area contributed by atoms with Crippen molar-refractivity contribution in [3.63, 3.8) is 0 Å². The Balaban J connectivity index is 1.50. The predicted molar refractivity (Wildman–Crippen MR) is 132 cm³/mol. The minimum atomic E-state index is -0.579. The van der Waals surface area contributed by atoms with E-state index in [1.54, 1.807) is 42.5 Å². The van der Waals surface area contributed by atoms with Crippen LogP contribution in [0.15, 0.2) is 83.5 Å². The molecule has 172 valence electrons. The zero-order valence-corrected chi connectivity index (χ0v) is 19.6. The summed E-state index contributed by atoms with van der Waals surface area (Å²) in [6.07, 6.45) is 1.41. The zero-order chi connectivity index (χ0) is 24.2. The van der Waals surface area contributed by atoms with E-state index < -0.39 is 17.8 Å². The van der Waals surface area contributed by atoms with E-state index in [1.165, 1.54) is 0 Å². The summed E-state index contributed by atoms with van der Waals surface area (Å²) in [6.45, 7) is 3.94. The van der Waals surface area contributed by atoms with E-state index in [0.29, 0.717) is 29.1 Å². The van der Waals surface area contributed by atoms with Gasteiger partial charge < -0.3 is 10.1 Å². The molecule has 3 aromatic carbocycles. The molecule has 34 heavy (non-hydrogen) atoms. The van der Waals surface area contributed by atoms with E-state index in [1.807, 2.05) is 44.2 Å². The van der Waals surface area contributed by atoms with E-state index in [0.717, 1.165) is 22.4 Å². The molecule has 0 radical (unpaired) electrons. The molecule has 2 amide bonds. The smallest absolute Gasteiger partial charge is 0.343 e. The summed E-state index contributed by atoms with van der Waals surface area (Å²) in [7, 11) is 0. The van der Waals surface area contributed by atoms with Gasteiger partial charge in [0.25, 0.3) is 11.8 Å². The van der Waals surface area contributed by atoms with Gasteiger partial charge in [-0.1, -0.05) is 61.8 Å². The maximum absolute atomic E-state index is 13.1. The molecular formula is C27H23ClN2O4. The molecule has 0 spiro atoms. The molecule has 1 aliphatic rings. The molecule has 1 aliphatic heterocycles. The first kappa shape index (κ1) is 23.3. The Hall–Kier alpha value is -3.90. The predicted octanol–water partition coefficient (Wildman–Crippen LogP) is 5.47. The van der Waals surface area contributed by atoms with Crippen LogP contribution in [0.1, 0.15) is 35.3 Å². The van der Waals surface area contributed by atoms with Gasteiger partial charge in [-0.15, -0.1) is 0 Å². The van der Waals surface area contributed by atoms with Gasteiger partial charge >= 0.3 is 5.97 Å². The average Bonchev–Trinajstić information content (AvgIpc) is 3.07. The summed E-state index contributed by atoms with van der Waals surface area (Å²) >= 11 is 6.25. The first-order chi connectivity index (χ1) is 16.4. The van der Waals surface area contributed by atoms with E-state index >= 15 is 0 Å². The Morgan fingerprint density at radius 3 is 2.15 bits per heavy atom. The highest BCUT2D eigenvalue weighted by molar-refractivity contribution is 6.53. The molecule has 1 heterocycles. The number of nitrogens with zero attached hydrogens (tertiary/aromatic N) is 1. The molecule has 0 aliphatic carbocycles. The van der Waals surface area contributed by atoms with Gasteiger partial charge in [0.05, 0.1) is 11.3 Å². The maximum atomic E-state index is 13.1. The largest absolute Gasteiger partial charge is 0.423 e. The normalized spacial score (nSPS) is 13.4. The molecular weight excluding hydrogens is 452 g/mol. The third-order valence-electron chi connectivity index (χ3n) is 5.59. The van der Waals surface area contributed by atoms with Gasteiger partial charge in [0.2, 0.25) is 0 Å². The number of halogens is 1. The lowest BCUT2D eigenvalue weighted by atomic mass is 10.1. The van der Waals surface area contributed by atoms with E-state index in [-0.39, 0.29) is 10.7 Å². The number of rotatable bonds is 7. The second kappa shape index (κ2) is 9.93. The Morgan fingerprint density at radius 1 is 0.853 bits per heavy atom. The Morgan fingerprint density at radius 2 is 1.47 bits per heavy atom. The lowest BCUT2D eigenvalue weighted by Gasteiger charge is -2.18. The SMILES string of the molecule is CCc1ccccc1OC(=O)c1ccc(NC2=C(Cl)C(=O)N(c3ccccc3CC)C2=O)cc1. The fourth-order valence-electron chi connectivity index (χ4n) is 3.75. The standard InChI is InChI=1S/C27H23ClN2O4/c1-3-17-9-5-7-11-21(17)30-25(31)23(28)24(26(30)32)29-20-15-13-19(14-16-20)27(33)34-22-12-8-6-10-18(22)4-2/h5-16,29H,3-4H2,1-2H3. The second-order valence-corrected chi connectivity index (χ2v) is 8.05. The number of amides is 2. The second-order valence-electron chi connectivity index (χ2n) is 7.67. The van der Waals surface area contributed by atoms with Crippen molar-refractivity contribution >= 4 is 40.8 Å². The number of aryl methyl sites for hydroxylation is 2. The first-order valence-electron chi connectivity index (χ1n) is 11.0. The van der Waals surface area contributed by atoms with Crippen molar-refractivity contribution in [3.8, 4) is 5.75 Å². The highest BCUT2D eigenvalue weighted by atomic mass is 35.5. The molecule has 4 rings (SSSR count). The summed E-state index contributed by atoms with van der Waals surface area (Å²) in [4.78, 5) is 39.5. The molecule has 0 bridgehead atoms. The van der Waals surface area contributed by atoms with Gasteiger partial charge in [0.1, 0.15) is 16.5 Å². The quantitative estimate of drug-likeness (QED) is 0.279. The number of hydrogen-bond acceptors (Lipinski definition) is 5. The van der Waals surface area contributed by atoms with Gasteiger partial charge in [-0.05, 0) is 60.4 Å². The molecule has 0 saturated heterocycles. The third kappa shape index (κ3) is 4.45. The van der Waals surface area contributed by atoms with Crippen molar-refractivity contribution in [2.24, 2.45) is 0 Å². The van der Waals surface area contributed by atoms with Gasteiger partial charge in [-0.2, -0.15) is 0 Å². The van der Waals surface area contributed by atoms with Crippen LogP contribution in [-0.2, 0) is 22.4 Å². The molecule has 3 aromatic rings. The molecule has 0 fully saturated rings. The number of nitrogens with one attached hydrogen (secondary N) is 1. The summed E-state index contributed by atoms with van der Waals surface area (Å²) in [6, 6.07) is 21.0. The molecule has 1 N–H and O–H groups in total. The third-order valence-corrected chi connectivity index (χ3v) is 5.94. The van der Waals surface area contributed by atoms with Crippen LogP contribution in [0, 0.1) is 0 Å². The van der Waals surface area contributed by atoms with Crippen molar-refractivity contribution in [1.82, 2.24) is 0 Å². The van der Waals surface area contributed by atoms with Gasteiger partial charge in [0, 0.05) is 5.69 Å². The highest BCUT2D eigenvalue weighted by Gasteiger charge is 2.39. The maximum Gasteiger partial charge on any atom is 0.343 e. The number of esters is 1. The van der Waals surface area contributed by atoms with Crippen LogP contribution in [0.4, 0.5) is 11.4 Å². The van der Waals surface area contributed by atoms with Crippen molar-refractivity contribution in [2.75, 3.05) is 10.2 Å². The lowest BCUT2D eigenvalue weighted by molar-refractivity contribution is -0.120. The van der Waals surface area contributed by atoms with E-state index in [2.05, 4.69) is 5.32 Å². The van der Waals surface area contributed by atoms with E-state index in [9.17, 15) is 14.4 Å². The summed E-state index contributed by atoms with van der Waals surface area (Å²) in [5.41, 5.74) is 3.16. The van der Waals surface area contributed by atoms with Crippen LogP contribution in [0.5, 0.6) is 5.75 Å². The van der Waals surface area contributed by atoms with Crippen molar-refractivity contribution in [2.45, 2.75) is 26.7 Å². The van der Waals surface area contributed by atoms with Gasteiger partial charge in [0.15, 0.2) is 0 Å². The van der Waals surface area contributed by atoms with Crippen LogP contribution in [0.3, 0.4) is 0 Å². The monoisotopic (exact) mass is 474 g/mol. The van der Waals surface area contributed by atoms with Crippen LogP contribution in [-0.4, -0.2) is 17.8 Å². The molecule has 7 heteroatoms. The van der Waals surface area contributed by atoms with Gasteiger partial charge in [-0.25, -0.2) is 9.69 Å². The summed E-state index contributed by atoms with van der Waals surface area (Å²) in [5.74, 6) is -1.07. The van der Waals surface area contributed by atoms with Crippen LogP contribution < -0.4 is 15.0 Å². The number of imide groups is 1. The first-order valence-corrected chi connectivity index (χ1v) is 11.4.